The largest absolute Gasteiger partial charge is 0.453 e. The molecule has 0 bridgehead atoms. The second-order valence-electron chi connectivity index (χ2n) is 5.49. The Bertz CT molecular complexity index is 438. The highest BCUT2D eigenvalue weighted by Crippen LogP contribution is 2.24. The summed E-state index contributed by atoms with van der Waals surface area (Å²) in [5, 5.41) is 2.71. The van der Waals surface area contributed by atoms with Gasteiger partial charge in [0.25, 0.3) is 0 Å². The van der Waals surface area contributed by atoms with Crippen LogP contribution in [0, 0.1) is 5.92 Å². The van der Waals surface area contributed by atoms with Crippen LogP contribution >= 0.6 is 11.9 Å². The summed E-state index contributed by atoms with van der Waals surface area (Å²) in [6.45, 7) is 7.51. The summed E-state index contributed by atoms with van der Waals surface area (Å²) in [5.74, 6) is 0.587. The van der Waals surface area contributed by atoms with Gasteiger partial charge in [0, 0.05) is 31.1 Å². The third-order valence-electron chi connectivity index (χ3n) is 3.00. The number of alkyl carbamates (subject to hydrolysis) is 1. The topological polar surface area (TPSA) is 67.6 Å². The maximum absolute atomic E-state index is 11.0. The first-order chi connectivity index (χ1) is 10.5. The average Bonchev–Trinajstić information content (AvgIpc) is 2.51. The zero-order valence-electron chi connectivity index (χ0n) is 13.7. The fourth-order valence-electron chi connectivity index (χ4n) is 1.93. The molecule has 0 aliphatic rings. The van der Waals surface area contributed by atoms with Gasteiger partial charge in [-0.1, -0.05) is 26.0 Å². The van der Waals surface area contributed by atoms with Gasteiger partial charge < -0.3 is 15.8 Å². The van der Waals surface area contributed by atoms with Crippen LogP contribution in [0.3, 0.4) is 0 Å². The van der Waals surface area contributed by atoms with Gasteiger partial charge in [0.1, 0.15) is 0 Å². The smallest absolute Gasteiger partial charge is 0.406 e. The van der Waals surface area contributed by atoms with Crippen LogP contribution in [-0.4, -0.2) is 37.1 Å². The summed E-state index contributed by atoms with van der Waals surface area (Å²) < 4.78 is 6.89. The van der Waals surface area contributed by atoms with Crippen molar-refractivity contribution in [2.24, 2.45) is 11.7 Å². The lowest BCUT2D eigenvalue weighted by Crippen LogP contribution is -2.28. The molecule has 0 aromatic heterocycles. The van der Waals surface area contributed by atoms with Gasteiger partial charge in [-0.05, 0) is 42.0 Å². The van der Waals surface area contributed by atoms with Crippen molar-refractivity contribution in [2.45, 2.75) is 31.7 Å². The number of rotatable bonds is 9. The van der Waals surface area contributed by atoms with Crippen molar-refractivity contribution < 1.29 is 9.53 Å². The Labute approximate surface area is 137 Å². The van der Waals surface area contributed by atoms with E-state index >= 15 is 0 Å². The number of nitrogens with zero attached hydrogens (tertiary/aromatic N) is 1. The Kier molecular flexibility index (Phi) is 8.96. The van der Waals surface area contributed by atoms with E-state index in [1.54, 1.807) is 11.9 Å². The number of hydrogen-bond acceptors (Lipinski definition) is 5. The predicted molar refractivity (Wildman–Crippen MR) is 91.6 cm³/mol. The SMILES string of the molecule is COC(=O)NCCCN(CC(C)C)Sc1ccc(CN)cc1. The molecule has 0 saturated heterocycles. The Morgan fingerprint density at radius 3 is 2.59 bits per heavy atom. The minimum Gasteiger partial charge on any atom is -0.453 e. The summed E-state index contributed by atoms with van der Waals surface area (Å²) >= 11 is 1.75. The van der Waals surface area contributed by atoms with Crippen LogP contribution in [-0.2, 0) is 11.3 Å². The van der Waals surface area contributed by atoms with Crippen molar-refractivity contribution in [1.29, 1.82) is 0 Å². The van der Waals surface area contributed by atoms with Gasteiger partial charge in [0.05, 0.1) is 7.11 Å². The summed E-state index contributed by atoms with van der Waals surface area (Å²) in [5.41, 5.74) is 6.76. The van der Waals surface area contributed by atoms with Gasteiger partial charge >= 0.3 is 6.09 Å². The highest BCUT2D eigenvalue weighted by molar-refractivity contribution is 7.97. The van der Waals surface area contributed by atoms with Crippen molar-refractivity contribution >= 4 is 18.0 Å². The molecule has 1 aromatic carbocycles. The first kappa shape index (κ1) is 18.8. The number of amides is 1. The number of nitrogens with two attached hydrogens (primary N) is 1. The van der Waals surface area contributed by atoms with E-state index < -0.39 is 0 Å². The Hall–Kier alpha value is -1.24. The van der Waals surface area contributed by atoms with Gasteiger partial charge in [-0.2, -0.15) is 0 Å². The normalized spacial score (nSPS) is 11.0. The summed E-state index contributed by atoms with van der Waals surface area (Å²) in [6.07, 6.45) is 0.510. The molecule has 0 atom stereocenters. The van der Waals surface area contributed by atoms with Gasteiger partial charge in [-0.3, -0.25) is 0 Å². The molecule has 1 rings (SSSR count). The first-order valence-electron chi connectivity index (χ1n) is 7.59. The molecule has 0 fully saturated rings. The van der Waals surface area contributed by atoms with E-state index in [1.165, 1.54) is 12.0 Å². The maximum Gasteiger partial charge on any atom is 0.406 e. The molecule has 0 aliphatic carbocycles. The van der Waals surface area contributed by atoms with Gasteiger partial charge in [0.2, 0.25) is 0 Å². The summed E-state index contributed by atoms with van der Waals surface area (Å²) in [6, 6.07) is 8.34. The standard InChI is InChI=1S/C16H27N3O2S/c1-13(2)12-19(10-4-9-18-16(20)21-3)22-15-7-5-14(11-17)6-8-15/h5-8,13H,4,9-12,17H2,1-3H3,(H,18,20). The molecule has 3 N–H and O–H groups in total. The quantitative estimate of drug-likeness (QED) is 0.540. The molecular formula is C16H27N3O2S. The van der Waals surface area contributed by atoms with Crippen LogP contribution in [0.15, 0.2) is 29.2 Å². The van der Waals surface area contributed by atoms with E-state index in [9.17, 15) is 4.79 Å². The van der Waals surface area contributed by atoms with Crippen molar-refractivity contribution in [3.05, 3.63) is 29.8 Å². The lowest BCUT2D eigenvalue weighted by atomic mass is 10.2. The van der Waals surface area contributed by atoms with Gasteiger partial charge in [-0.15, -0.1) is 0 Å². The van der Waals surface area contributed by atoms with Crippen molar-refractivity contribution in [2.75, 3.05) is 26.7 Å². The molecule has 124 valence electrons. The molecule has 0 unspecified atom stereocenters. The van der Waals surface area contributed by atoms with E-state index in [0.29, 0.717) is 19.0 Å². The third kappa shape index (κ3) is 7.68. The Morgan fingerprint density at radius 1 is 1.36 bits per heavy atom. The van der Waals surface area contributed by atoms with E-state index in [2.05, 4.69) is 52.5 Å². The van der Waals surface area contributed by atoms with Crippen LogP contribution in [0.1, 0.15) is 25.8 Å². The fraction of sp³-hybridized carbons (Fsp3) is 0.562. The number of ether oxygens (including phenoxy) is 1. The molecule has 0 spiro atoms. The average molecular weight is 325 g/mol. The second kappa shape index (κ2) is 10.5. The van der Waals surface area contributed by atoms with E-state index in [0.717, 1.165) is 25.1 Å². The highest BCUT2D eigenvalue weighted by Gasteiger charge is 2.10. The highest BCUT2D eigenvalue weighted by atomic mass is 32.2. The lowest BCUT2D eigenvalue weighted by Gasteiger charge is -2.23. The zero-order chi connectivity index (χ0) is 16.4. The summed E-state index contributed by atoms with van der Waals surface area (Å²) in [7, 11) is 1.38. The molecule has 5 nitrogen and oxygen atoms in total. The number of methoxy groups -OCH3 is 1. The maximum atomic E-state index is 11.0. The zero-order valence-corrected chi connectivity index (χ0v) is 14.5. The monoisotopic (exact) mass is 325 g/mol. The molecule has 22 heavy (non-hydrogen) atoms. The van der Waals surface area contributed by atoms with Gasteiger partial charge in [-0.25, -0.2) is 9.10 Å². The molecule has 0 saturated carbocycles. The first-order valence-corrected chi connectivity index (χ1v) is 8.36. The molecule has 0 aliphatic heterocycles. The Morgan fingerprint density at radius 2 is 2.05 bits per heavy atom. The number of hydrogen-bond donors (Lipinski definition) is 2. The van der Waals surface area contributed by atoms with E-state index in [-0.39, 0.29) is 6.09 Å². The minimum atomic E-state index is -0.375. The van der Waals surface area contributed by atoms with Crippen LogP contribution in [0.25, 0.3) is 0 Å². The molecule has 1 aromatic rings. The molecular weight excluding hydrogens is 298 g/mol. The Balaban J connectivity index is 2.46. The van der Waals surface area contributed by atoms with Crippen LogP contribution in [0.2, 0.25) is 0 Å². The van der Waals surface area contributed by atoms with Crippen LogP contribution in [0.5, 0.6) is 0 Å². The van der Waals surface area contributed by atoms with E-state index in [4.69, 9.17) is 5.73 Å². The van der Waals surface area contributed by atoms with Crippen LogP contribution in [0.4, 0.5) is 4.79 Å². The number of carbonyl (C=O) groups is 1. The molecule has 0 radical (unpaired) electrons. The molecule has 0 heterocycles. The van der Waals surface area contributed by atoms with Gasteiger partial charge in [0.15, 0.2) is 0 Å². The number of benzene rings is 1. The summed E-state index contributed by atoms with van der Waals surface area (Å²) in [4.78, 5) is 12.2. The van der Waals surface area contributed by atoms with Crippen molar-refractivity contribution in [1.82, 2.24) is 9.62 Å². The fourth-order valence-corrected chi connectivity index (χ4v) is 3.08. The third-order valence-corrected chi connectivity index (χ3v) is 4.07. The lowest BCUT2D eigenvalue weighted by molar-refractivity contribution is 0.170. The second-order valence-corrected chi connectivity index (χ2v) is 6.66. The van der Waals surface area contributed by atoms with Crippen LogP contribution < -0.4 is 11.1 Å². The van der Waals surface area contributed by atoms with Crippen molar-refractivity contribution in [3.8, 4) is 0 Å². The minimum absolute atomic E-state index is 0.375. The van der Waals surface area contributed by atoms with E-state index in [1.807, 2.05) is 0 Å². The number of carbonyl (C=O) groups excluding carboxylic acids is 1. The molecule has 1 amide bonds. The predicted octanol–water partition coefficient (Wildman–Crippen LogP) is 2.86. The number of nitrogens with one attached hydrogen (secondary N) is 1. The van der Waals surface area contributed by atoms with Crippen molar-refractivity contribution in [3.63, 3.8) is 0 Å². The molecule has 6 heteroatoms.